The van der Waals surface area contributed by atoms with Crippen molar-refractivity contribution >= 4 is 35.7 Å². The van der Waals surface area contributed by atoms with Crippen molar-refractivity contribution in [3.8, 4) is 0 Å². The molecule has 3 aromatic rings. The van der Waals surface area contributed by atoms with E-state index in [1.54, 1.807) is 12.1 Å². The molecule has 0 amide bonds. The Morgan fingerprint density at radius 1 is 0.969 bits per heavy atom. The van der Waals surface area contributed by atoms with Crippen LogP contribution >= 0.6 is 24.8 Å². The van der Waals surface area contributed by atoms with Crippen molar-refractivity contribution < 1.29 is 4.39 Å². The van der Waals surface area contributed by atoms with Gasteiger partial charge in [0.1, 0.15) is 5.82 Å². The van der Waals surface area contributed by atoms with Crippen molar-refractivity contribution in [2.24, 2.45) is 0 Å². The van der Waals surface area contributed by atoms with E-state index in [0.29, 0.717) is 12.0 Å². The van der Waals surface area contributed by atoms with Gasteiger partial charge in [0.05, 0.1) is 0 Å². The van der Waals surface area contributed by atoms with Gasteiger partial charge in [-0.3, -0.25) is 9.80 Å². The number of hydrogen-bond donors (Lipinski definition) is 1. The van der Waals surface area contributed by atoms with E-state index in [-0.39, 0.29) is 36.2 Å². The topological polar surface area (TPSA) is 22.3 Å². The van der Waals surface area contributed by atoms with Crippen LogP contribution in [0.1, 0.15) is 49.1 Å². The smallest absolute Gasteiger partial charge is 0.123 e. The zero-order valence-electron chi connectivity index (χ0n) is 18.9. The molecule has 1 aliphatic carbocycles. The molecule has 174 valence electrons. The van der Waals surface area contributed by atoms with E-state index in [0.717, 1.165) is 19.4 Å². The molecule has 2 heterocycles. The molecule has 2 fully saturated rings. The predicted molar refractivity (Wildman–Crippen MR) is 136 cm³/mol. The molecule has 2 aromatic carbocycles. The van der Waals surface area contributed by atoms with Crippen LogP contribution in [-0.2, 0) is 5.54 Å². The number of likely N-dealkylation sites (tertiary alicyclic amines) is 1. The number of para-hydroxylation sites is 1. The first-order chi connectivity index (χ1) is 14.6. The number of benzene rings is 2. The van der Waals surface area contributed by atoms with Gasteiger partial charge in [-0.05, 0) is 88.0 Å². The lowest BCUT2D eigenvalue weighted by Gasteiger charge is -2.47. The number of aromatic amines is 1. The molecule has 1 aliphatic heterocycles. The summed E-state index contributed by atoms with van der Waals surface area (Å²) in [6.07, 6.45) is 8.14. The number of aromatic nitrogens is 1. The van der Waals surface area contributed by atoms with Crippen molar-refractivity contribution in [1.29, 1.82) is 0 Å². The van der Waals surface area contributed by atoms with Gasteiger partial charge in [-0.25, -0.2) is 4.39 Å². The summed E-state index contributed by atoms with van der Waals surface area (Å²) in [6.45, 7) is 2.36. The van der Waals surface area contributed by atoms with E-state index in [1.807, 2.05) is 12.1 Å². The van der Waals surface area contributed by atoms with Gasteiger partial charge < -0.3 is 4.98 Å². The average Bonchev–Trinajstić information content (AvgIpc) is 3.41. The Balaban J connectivity index is 0.00000144. The number of nitrogens with zero attached hydrogens (tertiary/aromatic N) is 2. The first kappa shape index (κ1) is 25.0. The fraction of sp³-hybridized carbons (Fsp3) is 0.462. The van der Waals surface area contributed by atoms with Crippen molar-refractivity contribution in [2.45, 2.75) is 49.6 Å². The summed E-state index contributed by atoms with van der Waals surface area (Å²) in [4.78, 5) is 8.54. The van der Waals surface area contributed by atoms with Crippen molar-refractivity contribution in [2.75, 3.05) is 27.2 Å². The van der Waals surface area contributed by atoms with Gasteiger partial charge >= 0.3 is 0 Å². The van der Waals surface area contributed by atoms with Gasteiger partial charge in [0, 0.05) is 35.2 Å². The lowest BCUT2D eigenvalue weighted by molar-refractivity contribution is 0.0563. The summed E-state index contributed by atoms with van der Waals surface area (Å²) in [5.41, 5.74) is 4.02. The summed E-state index contributed by atoms with van der Waals surface area (Å²) in [5.74, 6) is 0.473. The highest BCUT2D eigenvalue weighted by atomic mass is 35.5. The minimum absolute atomic E-state index is 0. The summed E-state index contributed by atoms with van der Waals surface area (Å²) in [6, 6.07) is 16.5. The third-order valence-corrected chi connectivity index (χ3v) is 7.82. The number of rotatable bonds is 4. The third kappa shape index (κ3) is 4.43. The molecule has 1 N–H and O–H groups in total. The summed E-state index contributed by atoms with van der Waals surface area (Å²) in [7, 11) is 4.35. The molecule has 1 saturated carbocycles. The van der Waals surface area contributed by atoms with Crippen LogP contribution in [0.2, 0.25) is 0 Å². The number of nitrogens with one attached hydrogen (secondary N) is 1. The largest absolute Gasteiger partial charge is 0.361 e. The summed E-state index contributed by atoms with van der Waals surface area (Å²) < 4.78 is 13.5. The Morgan fingerprint density at radius 2 is 1.66 bits per heavy atom. The first-order valence-corrected chi connectivity index (χ1v) is 11.3. The molecule has 5 rings (SSSR count). The second-order valence-electron chi connectivity index (χ2n) is 9.43. The molecule has 3 nitrogen and oxygen atoms in total. The minimum Gasteiger partial charge on any atom is -0.361 e. The van der Waals surface area contributed by atoms with Crippen LogP contribution in [0.3, 0.4) is 0 Å². The summed E-state index contributed by atoms with van der Waals surface area (Å²) in [5, 5.41) is 1.39. The molecular weight excluding hydrogens is 444 g/mol. The van der Waals surface area contributed by atoms with E-state index in [1.165, 1.54) is 47.8 Å². The maximum atomic E-state index is 13.5. The number of H-pyrrole nitrogens is 1. The lowest BCUT2D eigenvalue weighted by Crippen LogP contribution is -2.48. The number of hydrogen-bond acceptors (Lipinski definition) is 2. The van der Waals surface area contributed by atoms with Crippen LogP contribution in [0, 0.1) is 5.82 Å². The number of halogens is 3. The van der Waals surface area contributed by atoms with Gasteiger partial charge in [-0.2, -0.15) is 0 Å². The zero-order valence-corrected chi connectivity index (χ0v) is 20.5. The Bertz CT molecular complexity index is 1010. The third-order valence-electron chi connectivity index (χ3n) is 7.82. The van der Waals surface area contributed by atoms with Gasteiger partial charge in [-0.1, -0.05) is 30.3 Å². The maximum absolute atomic E-state index is 13.5. The zero-order chi connectivity index (χ0) is 20.7. The molecule has 0 radical (unpaired) electrons. The SMILES string of the molecule is CN(C)C1(c2ccc(F)cc2)CCC(N2CCC(c3c[nH]c4ccccc34)C2)CC1.Cl.Cl. The first-order valence-electron chi connectivity index (χ1n) is 11.3. The van der Waals surface area contributed by atoms with Crippen LogP contribution in [0.5, 0.6) is 0 Å². The van der Waals surface area contributed by atoms with Gasteiger partial charge in [0.2, 0.25) is 0 Å². The number of fused-ring (bicyclic) bond motifs is 1. The highest BCUT2D eigenvalue weighted by Crippen LogP contribution is 2.44. The lowest BCUT2D eigenvalue weighted by atomic mass is 9.73. The molecule has 6 heteroatoms. The molecule has 1 atom stereocenters. The average molecular weight is 478 g/mol. The molecule has 0 spiro atoms. The van der Waals surface area contributed by atoms with Crippen LogP contribution in [0.25, 0.3) is 10.9 Å². The normalized spacial score (nSPS) is 26.1. The van der Waals surface area contributed by atoms with Crippen LogP contribution in [-0.4, -0.2) is 48.0 Å². The van der Waals surface area contributed by atoms with Crippen LogP contribution < -0.4 is 0 Å². The van der Waals surface area contributed by atoms with E-state index in [2.05, 4.69) is 59.3 Å². The predicted octanol–water partition coefficient (Wildman–Crippen LogP) is 6.34. The molecule has 1 unspecified atom stereocenters. The highest BCUT2D eigenvalue weighted by Gasteiger charge is 2.41. The Morgan fingerprint density at radius 3 is 2.34 bits per heavy atom. The van der Waals surface area contributed by atoms with Crippen LogP contribution in [0.15, 0.2) is 54.7 Å². The van der Waals surface area contributed by atoms with E-state index in [4.69, 9.17) is 0 Å². The Labute approximate surface area is 203 Å². The Hall–Kier alpha value is -1.59. The minimum atomic E-state index is -0.151. The van der Waals surface area contributed by atoms with Crippen LogP contribution in [0.4, 0.5) is 4.39 Å². The molecule has 1 saturated heterocycles. The Kier molecular flexibility index (Phi) is 7.93. The van der Waals surface area contributed by atoms with Gasteiger partial charge in [0.25, 0.3) is 0 Å². The quantitative estimate of drug-likeness (QED) is 0.473. The summed E-state index contributed by atoms with van der Waals surface area (Å²) >= 11 is 0. The molecule has 1 aromatic heterocycles. The van der Waals surface area contributed by atoms with Crippen molar-refractivity contribution in [3.05, 3.63) is 71.7 Å². The van der Waals surface area contributed by atoms with E-state index in [9.17, 15) is 4.39 Å². The van der Waals surface area contributed by atoms with Crippen molar-refractivity contribution in [1.82, 2.24) is 14.8 Å². The van der Waals surface area contributed by atoms with Gasteiger partial charge in [-0.15, -0.1) is 24.8 Å². The molecular formula is C26H34Cl2FN3. The van der Waals surface area contributed by atoms with Crippen molar-refractivity contribution in [3.63, 3.8) is 0 Å². The standard InChI is InChI=1S/C26H32FN3.2ClH/c1-29(2)26(20-7-9-21(27)10-8-20)14-11-22(12-15-26)30-16-13-19(18-30)24-17-28-25-6-4-3-5-23(24)25;;/h3-10,17,19,22,28H,11-16,18H2,1-2H3;2*1H. The maximum Gasteiger partial charge on any atom is 0.123 e. The van der Waals surface area contributed by atoms with Gasteiger partial charge in [0.15, 0.2) is 0 Å². The van der Waals surface area contributed by atoms with E-state index < -0.39 is 0 Å². The second-order valence-corrected chi connectivity index (χ2v) is 9.43. The highest BCUT2D eigenvalue weighted by molar-refractivity contribution is 5.85. The molecule has 32 heavy (non-hydrogen) atoms. The fourth-order valence-corrected chi connectivity index (χ4v) is 6.00. The fourth-order valence-electron chi connectivity index (χ4n) is 6.00. The van der Waals surface area contributed by atoms with E-state index >= 15 is 0 Å². The molecule has 2 aliphatic rings. The second kappa shape index (κ2) is 10.1. The molecule has 0 bridgehead atoms. The monoisotopic (exact) mass is 477 g/mol.